The predicted molar refractivity (Wildman–Crippen MR) is 129 cm³/mol. The third-order valence-electron chi connectivity index (χ3n) is 5.01. The number of anilines is 4. The Kier molecular flexibility index (Phi) is 7.50. The maximum atomic E-state index is 10.1. The standard InChI is InChI=1S/C22H28N10O3/c1-4-35-9-8-32-12-14(10-26-32)27-22-24-11-16(19(23)33)21(29-22)28-17-7-5-6-15(18(17)34-3)20-25-13-31(2)30-20/h5-7,10-13,19,33H,4,8-9,23H2,1-3H3,(H2,24,27,28,29). The van der Waals surface area contributed by atoms with Crippen molar-refractivity contribution in [3.8, 4) is 17.1 Å². The summed E-state index contributed by atoms with van der Waals surface area (Å²) in [4.78, 5) is 13.1. The maximum absolute atomic E-state index is 10.1. The SMILES string of the molecule is CCOCCn1cc(Nc2ncc(C(N)O)c(Nc3cccc(-c4ncn(C)n4)c3OC)n2)cn1. The number of nitrogens with two attached hydrogens (primary N) is 1. The molecule has 0 fully saturated rings. The molecule has 5 N–H and O–H groups in total. The fourth-order valence-corrected chi connectivity index (χ4v) is 3.37. The van der Waals surface area contributed by atoms with Crippen molar-refractivity contribution >= 4 is 23.1 Å². The molecule has 1 atom stereocenters. The van der Waals surface area contributed by atoms with Crippen molar-refractivity contribution in [2.45, 2.75) is 19.7 Å². The summed E-state index contributed by atoms with van der Waals surface area (Å²) in [6.07, 6.45) is 5.27. The van der Waals surface area contributed by atoms with E-state index in [1.54, 1.807) is 36.0 Å². The minimum absolute atomic E-state index is 0.294. The van der Waals surface area contributed by atoms with E-state index in [0.29, 0.717) is 65.6 Å². The summed E-state index contributed by atoms with van der Waals surface area (Å²) in [5.41, 5.74) is 8.06. The lowest BCUT2D eigenvalue weighted by molar-refractivity contribution is 0.136. The van der Waals surface area contributed by atoms with Gasteiger partial charge in [0, 0.05) is 26.0 Å². The smallest absolute Gasteiger partial charge is 0.229 e. The Hall–Kier alpha value is -4.07. The van der Waals surface area contributed by atoms with Gasteiger partial charge in [-0.1, -0.05) is 6.07 Å². The average Bonchev–Trinajstić information content (AvgIpc) is 3.48. The van der Waals surface area contributed by atoms with Crippen LogP contribution in [-0.4, -0.2) is 59.9 Å². The molecular weight excluding hydrogens is 452 g/mol. The van der Waals surface area contributed by atoms with E-state index >= 15 is 0 Å². The maximum Gasteiger partial charge on any atom is 0.229 e. The molecule has 0 bridgehead atoms. The minimum atomic E-state index is -1.29. The molecule has 0 aliphatic heterocycles. The highest BCUT2D eigenvalue weighted by molar-refractivity contribution is 5.77. The predicted octanol–water partition coefficient (Wildman–Crippen LogP) is 1.95. The van der Waals surface area contributed by atoms with Gasteiger partial charge >= 0.3 is 0 Å². The zero-order chi connectivity index (χ0) is 24.8. The zero-order valence-electron chi connectivity index (χ0n) is 19.7. The number of aliphatic hydroxyl groups is 1. The number of rotatable bonds is 11. The van der Waals surface area contributed by atoms with Gasteiger partial charge in [-0.15, -0.1) is 0 Å². The molecule has 13 nitrogen and oxygen atoms in total. The van der Waals surface area contributed by atoms with Gasteiger partial charge in [-0.25, -0.2) is 9.97 Å². The zero-order valence-corrected chi connectivity index (χ0v) is 19.7. The Morgan fingerprint density at radius 2 is 2.06 bits per heavy atom. The number of nitrogens with zero attached hydrogens (tertiary/aromatic N) is 7. The molecule has 1 unspecified atom stereocenters. The molecular formula is C22H28N10O3. The number of para-hydroxylation sites is 1. The number of methoxy groups -OCH3 is 1. The van der Waals surface area contributed by atoms with E-state index in [4.69, 9.17) is 15.2 Å². The van der Waals surface area contributed by atoms with E-state index in [2.05, 4.69) is 35.8 Å². The summed E-state index contributed by atoms with van der Waals surface area (Å²) in [5.74, 6) is 1.63. The van der Waals surface area contributed by atoms with E-state index in [1.807, 2.05) is 31.3 Å². The molecule has 0 aliphatic carbocycles. The number of ether oxygens (including phenoxy) is 2. The lowest BCUT2D eigenvalue weighted by Crippen LogP contribution is -2.14. The highest BCUT2D eigenvalue weighted by Crippen LogP contribution is 2.37. The Bertz CT molecular complexity index is 1270. The lowest BCUT2D eigenvalue weighted by Gasteiger charge is -2.17. The highest BCUT2D eigenvalue weighted by Gasteiger charge is 2.18. The molecule has 0 saturated heterocycles. The van der Waals surface area contributed by atoms with Gasteiger partial charge in [-0.2, -0.15) is 15.2 Å². The van der Waals surface area contributed by atoms with Gasteiger partial charge in [-0.3, -0.25) is 9.36 Å². The van der Waals surface area contributed by atoms with Crippen LogP contribution < -0.4 is 21.1 Å². The highest BCUT2D eigenvalue weighted by atomic mass is 16.5. The second-order valence-electron chi connectivity index (χ2n) is 7.51. The van der Waals surface area contributed by atoms with Crippen LogP contribution in [0.1, 0.15) is 18.7 Å². The van der Waals surface area contributed by atoms with Crippen molar-refractivity contribution in [3.05, 3.63) is 48.7 Å². The van der Waals surface area contributed by atoms with Gasteiger partial charge in [0.15, 0.2) is 11.6 Å². The van der Waals surface area contributed by atoms with Gasteiger partial charge in [0.25, 0.3) is 0 Å². The van der Waals surface area contributed by atoms with Crippen LogP contribution in [0.15, 0.2) is 43.1 Å². The largest absolute Gasteiger partial charge is 0.494 e. The minimum Gasteiger partial charge on any atom is -0.494 e. The molecule has 0 saturated carbocycles. The topological polar surface area (TPSA) is 163 Å². The number of aryl methyl sites for hydroxylation is 1. The molecule has 3 heterocycles. The van der Waals surface area contributed by atoms with Crippen molar-refractivity contribution in [2.75, 3.05) is 31.0 Å². The average molecular weight is 481 g/mol. The molecule has 35 heavy (non-hydrogen) atoms. The second-order valence-corrected chi connectivity index (χ2v) is 7.51. The molecule has 184 valence electrons. The van der Waals surface area contributed by atoms with Gasteiger partial charge in [0.1, 0.15) is 18.4 Å². The van der Waals surface area contributed by atoms with Crippen molar-refractivity contribution in [1.82, 2.24) is 34.5 Å². The van der Waals surface area contributed by atoms with Crippen molar-refractivity contribution in [1.29, 1.82) is 0 Å². The van der Waals surface area contributed by atoms with E-state index < -0.39 is 6.23 Å². The van der Waals surface area contributed by atoms with Crippen LogP contribution in [0.2, 0.25) is 0 Å². The molecule has 1 aromatic carbocycles. The Morgan fingerprint density at radius 3 is 2.77 bits per heavy atom. The van der Waals surface area contributed by atoms with Gasteiger partial charge < -0.3 is 30.9 Å². The fraction of sp³-hybridized carbons (Fsp3) is 0.318. The molecule has 0 amide bonds. The molecule has 0 aliphatic rings. The summed E-state index contributed by atoms with van der Waals surface area (Å²) in [6, 6.07) is 5.51. The number of aromatic nitrogens is 7. The lowest BCUT2D eigenvalue weighted by atomic mass is 10.1. The Morgan fingerprint density at radius 1 is 1.20 bits per heavy atom. The van der Waals surface area contributed by atoms with Crippen molar-refractivity contribution in [3.63, 3.8) is 0 Å². The Balaban J connectivity index is 1.61. The normalized spacial score (nSPS) is 11.9. The van der Waals surface area contributed by atoms with Crippen LogP contribution in [0, 0.1) is 0 Å². The van der Waals surface area contributed by atoms with Crippen LogP contribution in [0.3, 0.4) is 0 Å². The third kappa shape index (κ3) is 5.71. The first-order chi connectivity index (χ1) is 17.0. The monoisotopic (exact) mass is 480 g/mol. The summed E-state index contributed by atoms with van der Waals surface area (Å²) >= 11 is 0. The van der Waals surface area contributed by atoms with Crippen molar-refractivity contribution < 1.29 is 14.6 Å². The van der Waals surface area contributed by atoms with Crippen molar-refractivity contribution in [2.24, 2.45) is 12.8 Å². The van der Waals surface area contributed by atoms with Crippen LogP contribution in [-0.2, 0) is 18.3 Å². The first-order valence-corrected chi connectivity index (χ1v) is 11.0. The molecule has 13 heteroatoms. The van der Waals surface area contributed by atoms with Crippen LogP contribution >= 0.6 is 0 Å². The number of hydrogen-bond acceptors (Lipinski definition) is 11. The van der Waals surface area contributed by atoms with Crippen LogP contribution in [0.5, 0.6) is 5.75 Å². The second kappa shape index (κ2) is 10.9. The number of aliphatic hydroxyl groups excluding tert-OH is 1. The summed E-state index contributed by atoms with van der Waals surface area (Å²) in [6.45, 7) is 3.80. The van der Waals surface area contributed by atoms with E-state index in [-0.39, 0.29) is 0 Å². The number of nitrogens with one attached hydrogen (secondary N) is 2. The molecule has 3 aromatic heterocycles. The number of hydrogen-bond donors (Lipinski definition) is 4. The first-order valence-electron chi connectivity index (χ1n) is 11.0. The van der Waals surface area contributed by atoms with Gasteiger partial charge in [0.05, 0.1) is 49.0 Å². The van der Waals surface area contributed by atoms with Crippen LogP contribution in [0.4, 0.5) is 23.1 Å². The fourth-order valence-electron chi connectivity index (χ4n) is 3.37. The number of benzene rings is 1. The first kappa shape index (κ1) is 24.1. The van der Waals surface area contributed by atoms with Crippen LogP contribution in [0.25, 0.3) is 11.4 Å². The summed E-state index contributed by atoms with van der Waals surface area (Å²) in [5, 5.41) is 25.1. The van der Waals surface area contributed by atoms with E-state index in [0.717, 1.165) is 0 Å². The van der Waals surface area contributed by atoms with E-state index in [9.17, 15) is 5.11 Å². The summed E-state index contributed by atoms with van der Waals surface area (Å²) in [7, 11) is 3.35. The molecule has 0 spiro atoms. The van der Waals surface area contributed by atoms with E-state index in [1.165, 1.54) is 6.20 Å². The summed E-state index contributed by atoms with van der Waals surface area (Å²) < 4.78 is 14.4. The third-order valence-corrected chi connectivity index (χ3v) is 5.01. The Labute approximate surface area is 201 Å². The molecule has 4 aromatic rings. The van der Waals surface area contributed by atoms with Gasteiger partial charge in [-0.05, 0) is 19.1 Å². The quantitative estimate of drug-likeness (QED) is 0.183. The van der Waals surface area contributed by atoms with Gasteiger partial charge in [0.2, 0.25) is 5.95 Å². The molecule has 0 radical (unpaired) electrons. The molecule has 4 rings (SSSR count).